The first kappa shape index (κ1) is 35.1. The van der Waals surface area contributed by atoms with E-state index in [9.17, 15) is 28.8 Å². The van der Waals surface area contributed by atoms with Gasteiger partial charge in [0, 0.05) is 18.7 Å². The van der Waals surface area contributed by atoms with Crippen molar-refractivity contribution < 1.29 is 46.9 Å². The van der Waals surface area contributed by atoms with E-state index in [1.54, 1.807) is 32.0 Å². The number of alkyl halides is 1. The van der Waals surface area contributed by atoms with E-state index < -0.39 is 80.5 Å². The molecule has 15 nitrogen and oxygen atoms in total. The number of aliphatic hydroxyl groups excluding tert-OH is 1. The van der Waals surface area contributed by atoms with Gasteiger partial charge in [-0.15, -0.1) is 0 Å². The number of nitrogens with one attached hydrogen (secondary N) is 1. The molecule has 1 fully saturated rings. The zero-order valence-corrected chi connectivity index (χ0v) is 25.7. The van der Waals surface area contributed by atoms with Crippen molar-refractivity contribution in [3.05, 3.63) is 63.4 Å². The molecule has 1 saturated heterocycles. The highest BCUT2D eigenvalue weighted by molar-refractivity contribution is 7.52. The van der Waals surface area contributed by atoms with E-state index in [1.165, 1.54) is 19.1 Å². The summed E-state index contributed by atoms with van der Waals surface area (Å²) in [5.74, 6) is -1.32. The molecule has 0 unspecified atom stereocenters. The Balaban J connectivity index is 1.81. The van der Waals surface area contributed by atoms with Crippen LogP contribution in [0.3, 0.4) is 0 Å². The van der Waals surface area contributed by atoms with Crippen LogP contribution in [0, 0.1) is 0 Å². The molecule has 6 atom stereocenters. The average Bonchev–Trinajstić information content (AvgIpc) is 3.18. The second kappa shape index (κ2) is 15.1. The molecule has 0 amide bonds. The second-order valence-corrected chi connectivity index (χ2v) is 12.2. The standard InChI is InChI=1S/C27H38FN4O11P/c1-17(2)41-24(36)18(3)30-44(38,43-19-9-6-5-7-10-19)40-15-20-23(35)27(4,28)25(42-20)31-14-12-21(33)32(26(31)37)16-39-22(34)11-8-13-29/h5-7,9-10,12,14,17-18,20,23,25,35H,8,11,13,15-16,29H2,1-4H3,(H,30,38)/t18-,20+,23+,25+,27+,44-/m0/s1. The molecule has 44 heavy (non-hydrogen) atoms. The minimum Gasteiger partial charge on any atom is -0.462 e. The molecule has 0 spiro atoms. The van der Waals surface area contributed by atoms with Crippen molar-refractivity contribution in [2.75, 3.05) is 13.2 Å². The number of carbonyl (C=O) groups excluding carboxylic acids is 2. The topological polar surface area (TPSA) is 200 Å². The quantitative estimate of drug-likeness (QED) is 0.186. The van der Waals surface area contributed by atoms with Gasteiger partial charge in [-0.25, -0.2) is 18.3 Å². The van der Waals surface area contributed by atoms with Gasteiger partial charge in [0.2, 0.25) is 0 Å². The first-order valence-corrected chi connectivity index (χ1v) is 15.4. The minimum atomic E-state index is -4.39. The molecule has 0 radical (unpaired) electrons. The lowest BCUT2D eigenvalue weighted by atomic mass is 9.98. The third-order valence-corrected chi connectivity index (χ3v) is 8.08. The zero-order valence-electron chi connectivity index (χ0n) is 24.8. The molecular weight excluding hydrogens is 606 g/mol. The van der Waals surface area contributed by atoms with E-state index in [0.717, 1.165) is 23.8 Å². The average molecular weight is 645 g/mol. The number of carbonyl (C=O) groups is 2. The molecule has 2 aromatic rings. The van der Waals surface area contributed by atoms with Gasteiger partial charge in [-0.05, 0) is 52.8 Å². The highest BCUT2D eigenvalue weighted by Gasteiger charge is 2.56. The lowest BCUT2D eigenvalue weighted by Crippen LogP contribution is -2.46. The maximum atomic E-state index is 15.9. The van der Waals surface area contributed by atoms with Crippen LogP contribution in [0.15, 0.2) is 52.2 Å². The number of benzene rings is 1. The van der Waals surface area contributed by atoms with E-state index in [1.807, 2.05) is 0 Å². The van der Waals surface area contributed by atoms with Gasteiger partial charge in [0.15, 0.2) is 18.6 Å². The number of aliphatic hydroxyl groups is 1. The van der Waals surface area contributed by atoms with Gasteiger partial charge in [0.05, 0.1) is 12.7 Å². The van der Waals surface area contributed by atoms with E-state index in [-0.39, 0.29) is 18.7 Å². The molecule has 1 aromatic carbocycles. The molecule has 244 valence electrons. The summed E-state index contributed by atoms with van der Waals surface area (Å²) in [6.07, 6.45) is -4.36. The highest BCUT2D eigenvalue weighted by atomic mass is 31.2. The summed E-state index contributed by atoms with van der Waals surface area (Å²) in [7, 11) is -4.39. The fraction of sp³-hybridized carbons (Fsp3) is 0.556. The number of para-hydroxylation sites is 1. The van der Waals surface area contributed by atoms with E-state index in [0.29, 0.717) is 11.0 Å². The number of esters is 2. The van der Waals surface area contributed by atoms with E-state index in [4.69, 9.17) is 29.0 Å². The van der Waals surface area contributed by atoms with Gasteiger partial charge in [-0.1, -0.05) is 18.2 Å². The smallest absolute Gasteiger partial charge is 0.459 e. The molecule has 0 saturated carbocycles. The predicted molar refractivity (Wildman–Crippen MR) is 153 cm³/mol. The Morgan fingerprint density at radius 3 is 2.52 bits per heavy atom. The summed E-state index contributed by atoms with van der Waals surface area (Å²) in [5, 5.41) is 13.3. The summed E-state index contributed by atoms with van der Waals surface area (Å²) in [6.45, 7) is 4.40. The van der Waals surface area contributed by atoms with Crippen molar-refractivity contribution >= 4 is 19.7 Å². The summed E-state index contributed by atoms with van der Waals surface area (Å²) >= 11 is 0. The number of halogens is 1. The molecule has 17 heteroatoms. The van der Waals surface area contributed by atoms with Crippen molar-refractivity contribution in [2.24, 2.45) is 5.73 Å². The maximum Gasteiger partial charge on any atom is 0.459 e. The van der Waals surface area contributed by atoms with Crippen LogP contribution in [0.25, 0.3) is 0 Å². The van der Waals surface area contributed by atoms with Crippen LogP contribution in [-0.4, -0.2) is 69.4 Å². The number of nitrogens with two attached hydrogens (primary N) is 1. The third-order valence-electron chi connectivity index (χ3n) is 6.44. The Bertz CT molecular complexity index is 1450. The lowest BCUT2D eigenvalue weighted by molar-refractivity contribution is -0.149. The van der Waals surface area contributed by atoms with Crippen LogP contribution in [0.4, 0.5) is 4.39 Å². The Morgan fingerprint density at radius 2 is 1.89 bits per heavy atom. The fourth-order valence-corrected chi connectivity index (χ4v) is 5.64. The normalized spacial score (nSPS) is 23.6. The Morgan fingerprint density at radius 1 is 1.20 bits per heavy atom. The Kier molecular flexibility index (Phi) is 12.0. The molecule has 0 aliphatic carbocycles. The predicted octanol–water partition coefficient (Wildman–Crippen LogP) is 1.37. The molecule has 2 heterocycles. The van der Waals surface area contributed by atoms with Gasteiger partial charge in [0.1, 0.15) is 24.0 Å². The summed E-state index contributed by atoms with van der Waals surface area (Å²) in [5.41, 5.74) is 0.831. The van der Waals surface area contributed by atoms with Gasteiger partial charge in [0.25, 0.3) is 5.56 Å². The molecule has 1 aliphatic rings. The van der Waals surface area contributed by atoms with E-state index in [2.05, 4.69) is 5.09 Å². The summed E-state index contributed by atoms with van der Waals surface area (Å²) < 4.78 is 57.8. The van der Waals surface area contributed by atoms with Gasteiger partial charge in [-0.3, -0.25) is 23.5 Å². The van der Waals surface area contributed by atoms with Gasteiger partial charge >= 0.3 is 25.4 Å². The summed E-state index contributed by atoms with van der Waals surface area (Å²) in [4.78, 5) is 49.7. The Labute approximate surface area is 252 Å². The first-order valence-electron chi connectivity index (χ1n) is 13.9. The van der Waals surface area contributed by atoms with Crippen LogP contribution in [-0.2, 0) is 39.6 Å². The number of ether oxygens (including phenoxy) is 3. The van der Waals surface area contributed by atoms with Crippen molar-refractivity contribution in [1.82, 2.24) is 14.2 Å². The molecule has 1 aromatic heterocycles. The molecule has 1 aliphatic heterocycles. The van der Waals surface area contributed by atoms with Crippen LogP contribution in [0.5, 0.6) is 5.75 Å². The van der Waals surface area contributed by atoms with Crippen molar-refractivity contribution in [3.8, 4) is 5.75 Å². The number of aromatic nitrogens is 2. The second-order valence-electron chi connectivity index (χ2n) is 10.5. The molecule has 3 rings (SSSR count). The van der Waals surface area contributed by atoms with Crippen molar-refractivity contribution in [1.29, 1.82) is 0 Å². The molecular formula is C27H38FN4O11P. The minimum absolute atomic E-state index is 0.0289. The van der Waals surface area contributed by atoms with Gasteiger partial charge in [-0.2, -0.15) is 5.09 Å². The van der Waals surface area contributed by atoms with Crippen molar-refractivity contribution in [3.63, 3.8) is 0 Å². The lowest BCUT2D eigenvalue weighted by Gasteiger charge is -2.25. The monoisotopic (exact) mass is 644 g/mol. The fourth-order valence-electron chi connectivity index (χ4n) is 4.14. The van der Waals surface area contributed by atoms with Crippen LogP contribution < -0.4 is 26.6 Å². The SMILES string of the molecule is CC(C)OC(=O)[C@H](C)N[P@](=O)(OC[C@H]1O[C@@H](n2ccc(=O)n(COC(=O)CCCN)c2=O)[C@](C)(F)[C@@H]1O)Oc1ccccc1. The number of hydrogen-bond acceptors (Lipinski definition) is 12. The Hall–Kier alpha value is -3.40. The van der Waals surface area contributed by atoms with Crippen molar-refractivity contribution in [2.45, 2.75) is 83.5 Å². The van der Waals surface area contributed by atoms with Crippen LogP contribution in [0.2, 0.25) is 0 Å². The van der Waals surface area contributed by atoms with Crippen LogP contribution >= 0.6 is 7.75 Å². The first-order chi connectivity index (χ1) is 20.7. The molecule has 4 N–H and O–H groups in total. The largest absolute Gasteiger partial charge is 0.462 e. The maximum absolute atomic E-state index is 15.9. The van der Waals surface area contributed by atoms with Gasteiger partial charge < -0.3 is 29.6 Å². The number of hydrogen-bond donors (Lipinski definition) is 3. The zero-order chi connectivity index (χ0) is 32.7. The summed E-state index contributed by atoms with van der Waals surface area (Å²) in [6, 6.07) is 7.66. The number of nitrogens with zero attached hydrogens (tertiary/aromatic N) is 2. The van der Waals surface area contributed by atoms with E-state index >= 15 is 4.39 Å². The highest BCUT2D eigenvalue weighted by Crippen LogP contribution is 2.47. The molecule has 0 bridgehead atoms. The third kappa shape index (κ3) is 8.83. The number of rotatable bonds is 15. The van der Waals surface area contributed by atoms with Crippen LogP contribution in [0.1, 0.15) is 46.8 Å².